The second kappa shape index (κ2) is 5.67. The fourth-order valence-electron chi connectivity index (χ4n) is 3.48. The predicted octanol–water partition coefficient (Wildman–Crippen LogP) is 2.36. The number of fused-ring (bicyclic) bond motifs is 1. The molecule has 2 atom stereocenters. The minimum absolute atomic E-state index is 0.345. The van der Waals surface area contributed by atoms with Gasteiger partial charge in [-0.05, 0) is 51.1 Å². The molecule has 2 fully saturated rings. The molecule has 1 aliphatic heterocycles. The highest BCUT2D eigenvalue weighted by atomic mass is 15.2. The van der Waals surface area contributed by atoms with Crippen LogP contribution < -0.4 is 5.73 Å². The average Bonchev–Trinajstić information content (AvgIpc) is 2.29. The lowest BCUT2D eigenvalue weighted by Crippen LogP contribution is -2.47. The molecule has 16 heavy (non-hydrogen) atoms. The molecule has 3 N–H and O–H groups in total. The summed E-state index contributed by atoms with van der Waals surface area (Å²) in [5, 5.41) is 7.25. The number of rotatable bonds is 4. The molecule has 2 rings (SSSR count). The third kappa shape index (κ3) is 2.97. The van der Waals surface area contributed by atoms with E-state index in [4.69, 9.17) is 11.1 Å². The molecule has 0 aromatic heterocycles. The van der Waals surface area contributed by atoms with Gasteiger partial charge >= 0.3 is 0 Å². The molecule has 0 aromatic carbocycles. The molecule has 3 nitrogen and oxygen atoms in total. The van der Waals surface area contributed by atoms with Crippen LogP contribution in [0.2, 0.25) is 0 Å². The van der Waals surface area contributed by atoms with E-state index in [0.717, 1.165) is 31.3 Å². The number of likely N-dealkylation sites (tertiary alicyclic amines) is 1. The molecule has 0 radical (unpaired) electrons. The van der Waals surface area contributed by atoms with Gasteiger partial charge in [-0.1, -0.05) is 12.8 Å². The molecule has 0 unspecified atom stereocenters. The Balaban J connectivity index is 1.80. The second-order valence-electron chi connectivity index (χ2n) is 5.42. The van der Waals surface area contributed by atoms with Gasteiger partial charge in [0.2, 0.25) is 0 Å². The summed E-state index contributed by atoms with van der Waals surface area (Å²) < 4.78 is 0. The zero-order valence-corrected chi connectivity index (χ0v) is 10.3. The van der Waals surface area contributed by atoms with Crippen molar-refractivity contribution in [1.29, 1.82) is 5.41 Å². The molecule has 92 valence electrons. The Hall–Kier alpha value is -0.570. The van der Waals surface area contributed by atoms with Gasteiger partial charge in [0.05, 0.1) is 5.84 Å². The Morgan fingerprint density at radius 1 is 1.19 bits per heavy atom. The van der Waals surface area contributed by atoms with Crippen LogP contribution in [0.3, 0.4) is 0 Å². The van der Waals surface area contributed by atoms with Gasteiger partial charge in [0, 0.05) is 12.5 Å². The number of nitrogens with zero attached hydrogens (tertiary/aromatic N) is 1. The average molecular weight is 223 g/mol. The van der Waals surface area contributed by atoms with Gasteiger partial charge in [0.15, 0.2) is 0 Å². The number of nitrogens with two attached hydrogens (primary N) is 1. The molecule has 1 saturated heterocycles. The van der Waals surface area contributed by atoms with Crippen molar-refractivity contribution in [2.45, 2.75) is 57.4 Å². The maximum absolute atomic E-state index is 7.25. The summed E-state index contributed by atoms with van der Waals surface area (Å²) in [6, 6.07) is 0.856. The molecule has 2 aliphatic rings. The zero-order valence-electron chi connectivity index (χ0n) is 10.3. The minimum Gasteiger partial charge on any atom is -0.388 e. The molecule has 1 saturated carbocycles. The number of nitrogens with one attached hydrogen (secondary N) is 1. The fraction of sp³-hybridized carbons (Fsp3) is 0.923. The van der Waals surface area contributed by atoms with E-state index in [2.05, 4.69) is 4.90 Å². The Bertz CT molecular complexity index is 237. The van der Waals surface area contributed by atoms with Gasteiger partial charge < -0.3 is 10.6 Å². The molecule has 0 bridgehead atoms. The van der Waals surface area contributed by atoms with E-state index >= 15 is 0 Å². The van der Waals surface area contributed by atoms with Crippen LogP contribution in [0.25, 0.3) is 0 Å². The quantitative estimate of drug-likeness (QED) is 0.568. The zero-order chi connectivity index (χ0) is 11.4. The Kier molecular flexibility index (Phi) is 4.22. The maximum Gasteiger partial charge on any atom is 0.0905 e. The summed E-state index contributed by atoms with van der Waals surface area (Å²) in [4.78, 5) is 2.68. The normalized spacial score (nSPS) is 31.0. The third-order valence-electron chi connectivity index (χ3n) is 4.25. The largest absolute Gasteiger partial charge is 0.388 e. The van der Waals surface area contributed by atoms with Gasteiger partial charge in [-0.2, -0.15) is 0 Å². The monoisotopic (exact) mass is 223 g/mol. The van der Waals surface area contributed by atoms with E-state index in [9.17, 15) is 0 Å². The summed E-state index contributed by atoms with van der Waals surface area (Å²) in [6.07, 6.45) is 10.4. The molecule has 1 aliphatic carbocycles. The highest BCUT2D eigenvalue weighted by Gasteiger charge is 2.32. The molecule has 3 heteroatoms. The van der Waals surface area contributed by atoms with Crippen molar-refractivity contribution in [3.63, 3.8) is 0 Å². The van der Waals surface area contributed by atoms with Crippen LogP contribution >= 0.6 is 0 Å². The first kappa shape index (κ1) is 11.9. The first-order chi connectivity index (χ1) is 7.77. The molecule has 0 aromatic rings. The van der Waals surface area contributed by atoms with Crippen LogP contribution in [0.1, 0.15) is 51.4 Å². The standard InChI is InChI=1S/C13H25N3/c14-13(15)8-4-10-16-9-3-6-11-5-1-2-7-12(11)16/h11-12H,1-10H2,(H3,14,15)/t11-,12-/m1/s1. The van der Waals surface area contributed by atoms with Crippen molar-refractivity contribution >= 4 is 5.84 Å². The van der Waals surface area contributed by atoms with Crippen molar-refractivity contribution in [3.05, 3.63) is 0 Å². The van der Waals surface area contributed by atoms with Crippen molar-refractivity contribution < 1.29 is 0 Å². The Morgan fingerprint density at radius 3 is 2.75 bits per heavy atom. The topological polar surface area (TPSA) is 53.1 Å². The van der Waals surface area contributed by atoms with Crippen LogP contribution in [-0.2, 0) is 0 Å². The number of amidine groups is 1. The first-order valence-corrected chi connectivity index (χ1v) is 6.84. The van der Waals surface area contributed by atoms with Crippen LogP contribution in [-0.4, -0.2) is 29.9 Å². The van der Waals surface area contributed by atoms with Crippen LogP contribution in [0.15, 0.2) is 0 Å². The molecular weight excluding hydrogens is 198 g/mol. The lowest BCUT2D eigenvalue weighted by Gasteiger charge is -2.44. The van der Waals surface area contributed by atoms with E-state index in [1.165, 1.54) is 45.1 Å². The predicted molar refractivity (Wildman–Crippen MR) is 67.7 cm³/mol. The summed E-state index contributed by atoms with van der Waals surface area (Å²) >= 11 is 0. The highest BCUT2D eigenvalue weighted by molar-refractivity contribution is 5.76. The van der Waals surface area contributed by atoms with Crippen molar-refractivity contribution in [2.24, 2.45) is 11.7 Å². The van der Waals surface area contributed by atoms with E-state index in [1.54, 1.807) is 0 Å². The summed E-state index contributed by atoms with van der Waals surface area (Å²) in [7, 11) is 0. The smallest absolute Gasteiger partial charge is 0.0905 e. The van der Waals surface area contributed by atoms with Crippen LogP contribution in [0.4, 0.5) is 0 Å². The van der Waals surface area contributed by atoms with Gasteiger partial charge in [-0.3, -0.25) is 5.41 Å². The molecule has 0 amide bonds. The summed E-state index contributed by atoms with van der Waals surface area (Å²) in [5.41, 5.74) is 5.40. The minimum atomic E-state index is 0.345. The van der Waals surface area contributed by atoms with Crippen molar-refractivity contribution in [2.75, 3.05) is 13.1 Å². The van der Waals surface area contributed by atoms with E-state index in [-0.39, 0.29) is 0 Å². The third-order valence-corrected chi connectivity index (χ3v) is 4.25. The Morgan fingerprint density at radius 2 is 1.94 bits per heavy atom. The lowest BCUT2D eigenvalue weighted by molar-refractivity contribution is 0.0605. The molecular formula is C13H25N3. The van der Waals surface area contributed by atoms with Crippen LogP contribution in [0.5, 0.6) is 0 Å². The van der Waals surface area contributed by atoms with Gasteiger partial charge in [-0.25, -0.2) is 0 Å². The van der Waals surface area contributed by atoms with Gasteiger partial charge in [0.25, 0.3) is 0 Å². The first-order valence-electron chi connectivity index (χ1n) is 6.84. The van der Waals surface area contributed by atoms with Crippen molar-refractivity contribution in [3.8, 4) is 0 Å². The maximum atomic E-state index is 7.25. The summed E-state index contributed by atoms with van der Waals surface area (Å²) in [5.74, 6) is 1.32. The van der Waals surface area contributed by atoms with E-state index in [1.807, 2.05) is 0 Å². The molecule has 0 spiro atoms. The van der Waals surface area contributed by atoms with Gasteiger partial charge in [0.1, 0.15) is 0 Å². The van der Waals surface area contributed by atoms with Crippen molar-refractivity contribution in [1.82, 2.24) is 4.90 Å². The SMILES string of the molecule is N=C(N)CCCN1CCC[C@H]2CCCC[C@H]21. The fourth-order valence-corrected chi connectivity index (χ4v) is 3.48. The number of piperidine rings is 1. The van der Waals surface area contributed by atoms with Gasteiger partial charge in [-0.15, -0.1) is 0 Å². The highest BCUT2D eigenvalue weighted by Crippen LogP contribution is 2.35. The molecule has 1 heterocycles. The number of hydrogen-bond acceptors (Lipinski definition) is 2. The van der Waals surface area contributed by atoms with E-state index < -0.39 is 0 Å². The Labute approximate surface area is 98.9 Å². The lowest BCUT2D eigenvalue weighted by atomic mass is 9.78. The van der Waals surface area contributed by atoms with E-state index in [0.29, 0.717) is 5.84 Å². The number of hydrogen-bond donors (Lipinski definition) is 2. The second-order valence-corrected chi connectivity index (χ2v) is 5.42. The van der Waals surface area contributed by atoms with Crippen LogP contribution in [0, 0.1) is 11.3 Å². The summed E-state index contributed by atoms with van der Waals surface area (Å²) in [6.45, 7) is 2.43.